The number of hydrogen-bond donors (Lipinski definition) is 0. The highest BCUT2D eigenvalue weighted by Crippen LogP contribution is 2.54. The summed E-state index contributed by atoms with van der Waals surface area (Å²) in [5.74, 6) is 0. The van der Waals surface area contributed by atoms with E-state index >= 15 is 0 Å². The van der Waals surface area contributed by atoms with Crippen molar-refractivity contribution < 1.29 is 9.31 Å². The molecule has 4 nitrogen and oxygen atoms in total. The molecule has 10 aromatic carbocycles. The Morgan fingerprint density at radius 1 is 0.342 bits per heavy atom. The van der Waals surface area contributed by atoms with Crippen molar-refractivity contribution in [3.8, 4) is 33.5 Å². The van der Waals surface area contributed by atoms with E-state index in [9.17, 15) is 0 Å². The molecule has 76 heavy (non-hydrogen) atoms. The number of halogens is 1. The SMILES string of the molecule is Brc1ccccn1.CC1(C)c2ccc(-c3ccccn3)cc2-c2cc3c4ccccc4c4ccccc4c3cc21.CC1(C)c2ccc(B3OC(C)(C)C(C)(C)O3)cc2-c2cc3c4ccccc4c4ccccc4c3cc21. The molecule has 370 valence electrons. The van der Waals surface area contributed by atoms with Crippen molar-refractivity contribution >= 4 is 93.1 Å². The van der Waals surface area contributed by atoms with Crippen LogP contribution < -0.4 is 5.46 Å². The molecule has 0 N–H and O–H groups in total. The van der Waals surface area contributed by atoms with Crippen LogP contribution in [0, 0.1) is 0 Å². The minimum absolute atomic E-state index is 0.0474. The Balaban J connectivity index is 0.000000129. The molecule has 0 spiro atoms. The monoisotopic (exact) mass is 1050 g/mol. The van der Waals surface area contributed by atoms with E-state index in [2.05, 4.69) is 251 Å². The molecule has 2 aromatic heterocycles. The summed E-state index contributed by atoms with van der Waals surface area (Å²) in [6, 6.07) is 70.5. The first-order chi connectivity index (χ1) is 36.6. The molecule has 3 heterocycles. The topological polar surface area (TPSA) is 44.2 Å². The van der Waals surface area contributed by atoms with Gasteiger partial charge in [-0.1, -0.05) is 167 Å². The second-order valence-electron chi connectivity index (χ2n) is 22.8. The van der Waals surface area contributed by atoms with Crippen LogP contribution in [0.25, 0.3) is 98.1 Å². The van der Waals surface area contributed by atoms with Crippen molar-refractivity contribution in [2.45, 2.75) is 77.4 Å². The van der Waals surface area contributed by atoms with Gasteiger partial charge in [-0.25, -0.2) is 4.98 Å². The van der Waals surface area contributed by atoms with Gasteiger partial charge in [0, 0.05) is 28.8 Å². The van der Waals surface area contributed by atoms with Crippen LogP contribution in [0.15, 0.2) is 211 Å². The average molecular weight is 1050 g/mol. The Kier molecular flexibility index (Phi) is 11.3. The third-order valence-corrected chi connectivity index (χ3v) is 17.7. The van der Waals surface area contributed by atoms with Gasteiger partial charge in [0.25, 0.3) is 0 Å². The second-order valence-corrected chi connectivity index (χ2v) is 23.7. The fourth-order valence-electron chi connectivity index (χ4n) is 12.5. The van der Waals surface area contributed by atoms with Crippen LogP contribution in [0.5, 0.6) is 0 Å². The van der Waals surface area contributed by atoms with Crippen LogP contribution in [0.1, 0.15) is 77.6 Å². The van der Waals surface area contributed by atoms with Gasteiger partial charge in [0.1, 0.15) is 4.60 Å². The second kappa shape index (κ2) is 17.8. The number of pyridine rings is 2. The zero-order chi connectivity index (χ0) is 52.3. The molecular formula is C70H58BBrN2O2. The van der Waals surface area contributed by atoms with Gasteiger partial charge in [0.15, 0.2) is 0 Å². The van der Waals surface area contributed by atoms with Crippen molar-refractivity contribution in [1.82, 2.24) is 9.97 Å². The molecule has 1 aliphatic heterocycles. The molecule has 1 fully saturated rings. The molecule has 2 aliphatic carbocycles. The quantitative estimate of drug-likeness (QED) is 0.0983. The van der Waals surface area contributed by atoms with E-state index in [0.717, 1.165) is 15.8 Å². The standard InChI is InChI=1S/C33H31BO2.C32H23N.C5H4BrN/c1-31(2)29-16-15-20(34-35-32(3,4)33(5,6)36-34)17-27(29)28-18-25-23-13-9-7-11-21(23)22-12-8-10-14-24(22)26(25)19-30(28)31;1-32(2)29-15-14-20(31-13-7-8-16-33-31)17-27(29)28-18-25-23-11-5-3-9-21(23)22-10-4-6-12-24(22)26(25)19-30(28)32;6-5-3-1-2-4-7-5/h7-19H,1-6H3;3-19H,1-2H3;1-4H. The van der Waals surface area contributed by atoms with Crippen LogP contribution in [-0.2, 0) is 20.1 Å². The zero-order valence-corrected chi connectivity index (χ0v) is 45.9. The lowest BCUT2D eigenvalue weighted by molar-refractivity contribution is 0.00578. The molecule has 15 rings (SSSR count). The van der Waals surface area contributed by atoms with Crippen LogP contribution in [0.3, 0.4) is 0 Å². The van der Waals surface area contributed by atoms with Crippen LogP contribution >= 0.6 is 15.9 Å². The molecular weight excluding hydrogens is 991 g/mol. The molecule has 0 atom stereocenters. The lowest BCUT2D eigenvalue weighted by atomic mass is 9.76. The normalized spacial score (nSPS) is 16.0. The maximum absolute atomic E-state index is 6.40. The Morgan fingerprint density at radius 3 is 1.11 bits per heavy atom. The van der Waals surface area contributed by atoms with E-state index < -0.39 is 0 Å². The summed E-state index contributed by atoms with van der Waals surface area (Å²) in [4.78, 5) is 8.49. The van der Waals surface area contributed by atoms with Crippen molar-refractivity contribution in [3.63, 3.8) is 0 Å². The number of aromatic nitrogens is 2. The maximum atomic E-state index is 6.40. The first-order valence-corrected chi connectivity index (χ1v) is 27.3. The summed E-state index contributed by atoms with van der Waals surface area (Å²) in [6.07, 6.45) is 3.61. The van der Waals surface area contributed by atoms with Crippen molar-refractivity contribution in [3.05, 3.63) is 233 Å². The van der Waals surface area contributed by atoms with E-state index in [0.29, 0.717) is 0 Å². The molecule has 0 saturated carbocycles. The molecule has 1 saturated heterocycles. The summed E-state index contributed by atoms with van der Waals surface area (Å²) < 4.78 is 13.7. The minimum atomic E-state index is -0.363. The van der Waals surface area contributed by atoms with E-state index in [1.54, 1.807) is 6.20 Å². The van der Waals surface area contributed by atoms with Gasteiger partial charge < -0.3 is 9.31 Å². The van der Waals surface area contributed by atoms with Gasteiger partial charge in [-0.15, -0.1) is 0 Å². The van der Waals surface area contributed by atoms with Gasteiger partial charge in [-0.05, 0) is 213 Å². The molecule has 12 aromatic rings. The average Bonchev–Trinajstić information content (AvgIpc) is 3.97. The summed E-state index contributed by atoms with van der Waals surface area (Å²) in [6.45, 7) is 17.9. The lowest BCUT2D eigenvalue weighted by Gasteiger charge is -2.32. The first kappa shape index (κ1) is 48.2. The molecule has 0 bridgehead atoms. The van der Waals surface area contributed by atoms with Crippen molar-refractivity contribution in [1.29, 1.82) is 0 Å². The Bertz CT molecular complexity index is 4300. The smallest absolute Gasteiger partial charge is 0.399 e. The molecule has 6 heteroatoms. The van der Waals surface area contributed by atoms with Crippen LogP contribution in [0.2, 0.25) is 0 Å². The largest absolute Gasteiger partial charge is 0.494 e. The van der Waals surface area contributed by atoms with E-state index in [1.165, 1.54) is 115 Å². The van der Waals surface area contributed by atoms with Gasteiger partial charge in [-0.3, -0.25) is 4.98 Å². The summed E-state index contributed by atoms with van der Waals surface area (Å²) in [5, 5.41) is 15.9. The molecule has 0 amide bonds. The van der Waals surface area contributed by atoms with Gasteiger partial charge in [-0.2, -0.15) is 0 Å². The van der Waals surface area contributed by atoms with E-state index in [-0.39, 0.29) is 29.2 Å². The fourth-order valence-corrected chi connectivity index (χ4v) is 12.7. The highest BCUT2D eigenvalue weighted by Gasteiger charge is 2.52. The summed E-state index contributed by atoms with van der Waals surface area (Å²) >= 11 is 3.20. The Labute approximate surface area is 454 Å². The maximum Gasteiger partial charge on any atom is 0.494 e. The van der Waals surface area contributed by atoms with Crippen molar-refractivity contribution in [2.75, 3.05) is 0 Å². The first-order valence-electron chi connectivity index (χ1n) is 26.5. The third-order valence-electron chi connectivity index (χ3n) is 17.2. The highest BCUT2D eigenvalue weighted by molar-refractivity contribution is 9.10. The number of fused-ring (bicyclic) bond motifs is 18. The van der Waals surface area contributed by atoms with Gasteiger partial charge in [0.05, 0.1) is 16.9 Å². The lowest BCUT2D eigenvalue weighted by Crippen LogP contribution is -2.41. The van der Waals surface area contributed by atoms with E-state index in [4.69, 9.17) is 9.31 Å². The van der Waals surface area contributed by atoms with Crippen molar-refractivity contribution in [2.24, 2.45) is 0 Å². The number of nitrogens with zero attached hydrogens (tertiary/aromatic N) is 2. The highest BCUT2D eigenvalue weighted by atomic mass is 79.9. The fraction of sp³-hybridized carbons (Fsp3) is 0.171. The van der Waals surface area contributed by atoms with Gasteiger partial charge >= 0.3 is 7.12 Å². The Hall–Kier alpha value is -7.48. The summed E-state index contributed by atoms with van der Waals surface area (Å²) in [5.41, 5.74) is 13.3. The number of benzene rings is 10. The predicted octanol–water partition coefficient (Wildman–Crippen LogP) is 18.1. The minimum Gasteiger partial charge on any atom is -0.399 e. The van der Waals surface area contributed by atoms with Gasteiger partial charge in [0.2, 0.25) is 0 Å². The molecule has 3 aliphatic rings. The van der Waals surface area contributed by atoms with E-state index in [1.807, 2.05) is 30.5 Å². The molecule has 0 unspecified atom stereocenters. The third kappa shape index (κ3) is 7.63. The van der Waals surface area contributed by atoms with Crippen LogP contribution in [0.4, 0.5) is 0 Å². The predicted molar refractivity (Wildman–Crippen MR) is 324 cm³/mol. The Morgan fingerprint density at radius 2 is 0.711 bits per heavy atom. The van der Waals surface area contributed by atoms with Crippen LogP contribution in [-0.4, -0.2) is 28.3 Å². The number of hydrogen-bond acceptors (Lipinski definition) is 4. The number of rotatable bonds is 2. The molecule has 0 radical (unpaired) electrons. The zero-order valence-electron chi connectivity index (χ0n) is 44.3. The summed E-state index contributed by atoms with van der Waals surface area (Å²) in [7, 11) is -0.363.